The molecule has 7 heteroatoms. The van der Waals surface area contributed by atoms with Crippen molar-refractivity contribution in [3.8, 4) is 0 Å². The number of nitrogens with zero attached hydrogens (tertiary/aromatic N) is 1. The molecule has 3 rings (SSSR count). The minimum Gasteiger partial charge on any atom is -0.465 e. The molecule has 0 aliphatic carbocycles. The Bertz CT molecular complexity index is 913. The van der Waals surface area contributed by atoms with Crippen molar-refractivity contribution in [2.24, 2.45) is 5.92 Å². The third kappa shape index (κ3) is 3.95. The van der Waals surface area contributed by atoms with Gasteiger partial charge in [0.1, 0.15) is 0 Å². The molecular formula is C20H19ClN2O4. The molecule has 2 aromatic carbocycles. The van der Waals surface area contributed by atoms with Gasteiger partial charge in [0.25, 0.3) is 0 Å². The van der Waals surface area contributed by atoms with Gasteiger partial charge in [-0.15, -0.1) is 0 Å². The molecule has 2 aromatic rings. The largest absolute Gasteiger partial charge is 0.465 e. The minimum atomic E-state index is -0.527. The van der Waals surface area contributed by atoms with E-state index in [-0.39, 0.29) is 24.8 Å². The predicted octanol–water partition coefficient (Wildman–Crippen LogP) is 3.43. The Labute approximate surface area is 162 Å². The number of carbonyl (C=O) groups excluding carboxylic acids is 3. The maximum atomic E-state index is 12.6. The van der Waals surface area contributed by atoms with Crippen LogP contribution in [0.1, 0.15) is 22.3 Å². The van der Waals surface area contributed by atoms with Crippen LogP contribution in [0.25, 0.3) is 0 Å². The van der Waals surface area contributed by atoms with Crippen LogP contribution in [0.15, 0.2) is 42.5 Å². The molecule has 1 saturated heterocycles. The average Bonchev–Trinajstić information content (AvgIpc) is 3.06. The standard InChI is InChI=1S/C20H19ClN2O4/c1-12-7-8-14(10-16(12)21)22-19(25)13-9-18(24)23(11-13)17-6-4-3-5-15(17)20(26)27-2/h3-8,10,13H,9,11H2,1-2H3,(H,22,25). The molecule has 1 atom stereocenters. The quantitative estimate of drug-likeness (QED) is 0.817. The van der Waals surface area contributed by atoms with E-state index in [1.54, 1.807) is 36.4 Å². The first-order chi connectivity index (χ1) is 12.9. The molecule has 0 spiro atoms. The average molecular weight is 387 g/mol. The SMILES string of the molecule is COC(=O)c1ccccc1N1CC(C(=O)Nc2ccc(C)c(Cl)c2)CC1=O. The third-order valence-electron chi connectivity index (χ3n) is 4.54. The Balaban J connectivity index is 1.76. The number of carbonyl (C=O) groups is 3. The van der Waals surface area contributed by atoms with Gasteiger partial charge in [-0.2, -0.15) is 0 Å². The second kappa shape index (κ2) is 7.80. The molecular weight excluding hydrogens is 368 g/mol. The number of nitrogens with one attached hydrogen (secondary N) is 1. The van der Waals surface area contributed by atoms with Crippen LogP contribution in [0.2, 0.25) is 5.02 Å². The molecule has 0 saturated carbocycles. The van der Waals surface area contributed by atoms with Gasteiger partial charge in [-0.1, -0.05) is 29.8 Å². The number of benzene rings is 2. The summed E-state index contributed by atoms with van der Waals surface area (Å²) >= 11 is 6.09. The fraction of sp³-hybridized carbons (Fsp3) is 0.250. The molecule has 140 valence electrons. The number of anilines is 2. The van der Waals surface area contributed by atoms with Gasteiger partial charge < -0.3 is 15.0 Å². The highest BCUT2D eigenvalue weighted by atomic mass is 35.5. The number of esters is 1. The summed E-state index contributed by atoms with van der Waals surface area (Å²) in [6.07, 6.45) is 0.0704. The lowest BCUT2D eigenvalue weighted by molar-refractivity contribution is -0.122. The molecule has 1 aliphatic rings. The van der Waals surface area contributed by atoms with Crippen LogP contribution in [0, 0.1) is 12.8 Å². The molecule has 0 bridgehead atoms. The lowest BCUT2D eigenvalue weighted by Gasteiger charge is -2.19. The Morgan fingerprint density at radius 2 is 1.96 bits per heavy atom. The minimum absolute atomic E-state index is 0.0704. The summed E-state index contributed by atoms with van der Waals surface area (Å²) < 4.78 is 4.78. The summed E-state index contributed by atoms with van der Waals surface area (Å²) in [6, 6.07) is 11.9. The summed E-state index contributed by atoms with van der Waals surface area (Å²) in [5.74, 6) is -1.53. The van der Waals surface area contributed by atoms with Gasteiger partial charge in [0.05, 0.1) is 24.3 Å². The molecule has 1 aliphatic heterocycles. The maximum Gasteiger partial charge on any atom is 0.339 e. The van der Waals surface area contributed by atoms with Crippen molar-refractivity contribution >= 4 is 40.8 Å². The first kappa shape index (κ1) is 18.9. The number of aryl methyl sites for hydroxylation is 1. The highest BCUT2D eigenvalue weighted by Gasteiger charge is 2.36. The number of amides is 2. The molecule has 27 heavy (non-hydrogen) atoms. The topological polar surface area (TPSA) is 75.7 Å². The zero-order chi connectivity index (χ0) is 19.6. The Hall–Kier alpha value is -2.86. The van der Waals surface area contributed by atoms with Crippen LogP contribution in [0.4, 0.5) is 11.4 Å². The van der Waals surface area contributed by atoms with Gasteiger partial charge in [0.15, 0.2) is 0 Å². The van der Waals surface area contributed by atoms with E-state index in [4.69, 9.17) is 16.3 Å². The third-order valence-corrected chi connectivity index (χ3v) is 4.94. The summed E-state index contributed by atoms with van der Waals surface area (Å²) in [5.41, 5.74) is 2.23. The zero-order valence-corrected chi connectivity index (χ0v) is 15.7. The van der Waals surface area contributed by atoms with E-state index in [9.17, 15) is 14.4 Å². The number of halogens is 1. The number of rotatable bonds is 4. The van der Waals surface area contributed by atoms with E-state index in [0.717, 1.165) is 5.56 Å². The van der Waals surface area contributed by atoms with Crippen molar-refractivity contribution < 1.29 is 19.1 Å². The molecule has 1 fully saturated rings. The number of hydrogen-bond acceptors (Lipinski definition) is 4. The van der Waals surface area contributed by atoms with Crippen molar-refractivity contribution in [1.29, 1.82) is 0 Å². The molecule has 1 unspecified atom stereocenters. The first-order valence-corrected chi connectivity index (χ1v) is 8.83. The van der Waals surface area contributed by atoms with Gasteiger partial charge in [0.2, 0.25) is 11.8 Å². The van der Waals surface area contributed by atoms with Crippen molar-refractivity contribution in [3.63, 3.8) is 0 Å². The van der Waals surface area contributed by atoms with Gasteiger partial charge >= 0.3 is 5.97 Å². The normalized spacial score (nSPS) is 16.3. The van der Waals surface area contributed by atoms with Gasteiger partial charge in [-0.25, -0.2) is 4.79 Å². The molecule has 0 aromatic heterocycles. The Morgan fingerprint density at radius 1 is 1.22 bits per heavy atom. The van der Waals surface area contributed by atoms with Gasteiger partial charge in [-0.05, 0) is 36.8 Å². The molecule has 6 nitrogen and oxygen atoms in total. The van der Waals surface area contributed by atoms with Crippen LogP contribution in [-0.2, 0) is 14.3 Å². The van der Waals surface area contributed by atoms with E-state index in [0.29, 0.717) is 22.0 Å². The molecule has 2 amide bonds. The summed E-state index contributed by atoms with van der Waals surface area (Å²) in [7, 11) is 1.29. The maximum absolute atomic E-state index is 12.6. The van der Waals surface area contributed by atoms with Crippen molar-refractivity contribution in [2.45, 2.75) is 13.3 Å². The summed E-state index contributed by atoms with van der Waals surface area (Å²) in [6.45, 7) is 2.07. The molecule has 0 radical (unpaired) electrons. The second-order valence-electron chi connectivity index (χ2n) is 6.37. The van der Waals surface area contributed by atoms with Crippen LogP contribution < -0.4 is 10.2 Å². The lowest BCUT2D eigenvalue weighted by atomic mass is 10.1. The van der Waals surface area contributed by atoms with E-state index >= 15 is 0 Å². The second-order valence-corrected chi connectivity index (χ2v) is 6.77. The lowest BCUT2D eigenvalue weighted by Crippen LogP contribution is -2.29. The van der Waals surface area contributed by atoms with E-state index in [1.165, 1.54) is 12.0 Å². The number of ether oxygens (including phenoxy) is 1. The number of methoxy groups -OCH3 is 1. The summed E-state index contributed by atoms with van der Waals surface area (Å²) in [4.78, 5) is 38.5. The van der Waals surface area contributed by atoms with E-state index < -0.39 is 11.9 Å². The highest BCUT2D eigenvalue weighted by Crippen LogP contribution is 2.29. The Kier molecular flexibility index (Phi) is 5.46. The molecule has 1 heterocycles. The van der Waals surface area contributed by atoms with Crippen LogP contribution >= 0.6 is 11.6 Å². The fourth-order valence-corrected chi connectivity index (χ4v) is 3.20. The van der Waals surface area contributed by atoms with Crippen LogP contribution in [-0.4, -0.2) is 31.4 Å². The van der Waals surface area contributed by atoms with Crippen molar-refractivity contribution in [3.05, 3.63) is 58.6 Å². The zero-order valence-electron chi connectivity index (χ0n) is 15.0. The smallest absolute Gasteiger partial charge is 0.339 e. The predicted molar refractivity (Wildman–Crippen MR) is 103 cm³/mol. The van der Waals surface area contributed by atoms with Crippen molar-refractivity contribution in [2.75, 3.05) is 23.9 Å². The van der Waals surface area contributed by atoms with E-state index in [2.05, 4.69) is 5.32 Å². The molecule has 1 N–H and O–H groups in total. The van der Waals surface area contributed by atoms with Gasteiger partial charge in [-0.3, -0.25) is 9.59 Å². The van der Waals surface area contributed by atoms with Gasteiger partial charge in [0, 0.05) is 23.7 Å². The monoisotopic (exact) mass is 386 g/mol. The highest BCUT2D eigenvalue weighted by molar-refractivity contribution is 6.31. The first-order valence-electron chi connectivity index (χ1n) is 8.45. The number of para-hydroxylation sites is 1. The number of hydrogen-bond donors (Lipinski definition) is 1. The summed E-state index contributed by atoms with van der Waals surface area (Å²) in [5, 5.41) is 3.36. The Morgan fingerprint density at radius 3 is 2.67 bits per heavy atom. The van der Waals surface area contributed by atoms with Crippen LogP contribution in [0.5, 0.6) is 0 Å². The van der Waals surface area contributed by atoms with E-state index in [1.807, 2.05) is 13.0 Å². The fourth-order valence-electron chi connectivity index (χ4n) is 3.02. The van der Waals surface area contributed by atoms with Crippen LogP contribution in [0.3, 0.4) is 0 Å². The van der Waals surface area contributed by atoms with Crippen molar-refractivity contribution in [1.82, 2.24) is 0 Å².